The minimum atomic E-state index is -3.63. The Kier molecular flexibility index (Phi) is 3.65. The van der Waals surface area contributed by atoms with Crippen LogP contribution >= 0.6 is 27.5 Å². The molecule has 2 aromatic rings. The van der Waals surface area contributed by atoms with Crippen LogP contribution in [0.5, 0.6) is 0 Å². The molecule has 0 amide bonds. The highest BCUT2D eigenvalue weighted by atomic mass is 79.9. The van der Waals surface area contributed by atoms with E-state index in [1.807, 2.05) is 0 Å². The number of benzene rings is 1. The molecule has 0 fully saturated rings. The zero-order valence-electron chi connectivity index (χ0n) is 9.26. The molecule has 96 valence electrons. The second-order valence-electron chi connectivity index (χ2n) is 3.58. The first kappa shape index (κ1) is 13.4. The molecule has 1 aromatic heterocycles. The van der Waals surface area contributed by atoms with E-state index < -0.39 is 10.0 Å². The molecule has 2 rings (SSSR count). The first-order chi connectivity index (χ1) is 8.38. The van der Waals surface area contributed by atoms with Crippen molar-refractivity contribution in [3.05, 3.63) is 40.1 Å². The maximum atomic E-state index is 12.1. The van der Waals surface area contributed by atoms with E-state index in [2.05, 4.69) is 25.8 Å². The number of hydrogen-bond acceptors (Lipinski definition) is 3. The molecule has 1 aromatic carbocycles. The Bertz CT molecular complexity index is 684. The Morgan fingerprint density at radius 2 is 2.17 bits per heavy atom. The van der Waals surface area contributed by atoms with Crippen LogP contribution in [-0.4, -0.2) is 18.2 Å². The van der Waals surface area contributed by atoms with Gasteiger partial charge in [-0.05, 0) is 34.1 Å². The summed E-state index contributed by atoms with van der Waals surface area (Å²) in [6.07, 6.45) is 3.00. The summed E-state index contributed by atoms with van der Waals surface area (Å²) in [5, 5.41) is 4.34. The fraction of sp³-hybridized carbons (Fsp3) is 0.100. The summed E-state index contributed by atoms with van der Waals surface area (Å²) in [7, 11) is -1.93. The molecule has 0 aliphatic rings. The highest BCUT2D eigenvalue weighted by Gasteiger charge is 2.16. The van der Waals surface area contributed by atoms with Gasteiger partial charge in [0.2, 0.25) is 0 Å². The normalized spacial score (nSPS) is 11.5. The monoisotopic (exact) mass is 349 g/mol. The van der Waals surface area contributed by atoms with E-state index in [0.29, 0.717) is 15.2 Å². The molecule has 0 saturated carbocycles. The SMILES string of the molecule is Cn1cc(NS(=O)(=O)c2ccc(Cl)c(Br)c2)cn1. The number of aryl methyl sites for hydroxylation is 1. The third-order valence-electron chi connectivity index (χ3n) is 2.16. The number of rotatable bonds is 3. The van der Waals surface area contributed by atoms with Crippen molar-refractivity contribution in [1.29, 1.82) is 0 Å². The number of hydrogen-bond donors (Lipinski definition) is 1. The lowest BCUT2D eigenvalue weighted by atomic mass is 10.4. The van der Waals surface area contributed by atoms with Crippen LogP contribution in [0.3, 0.4) is 0 Å². The highest BCUT2D eigenvalue weighted by Crippen LogP contribution is 2.26. The second kappa shape index (κ2) is 4.91. The first-order valence-electron chi connectivity index (χ1n) is 4.85. The van der Waals surface area contributed by atoms with Gasteiger partial charge < -0.3 is 0 Å². The molecule has 0 radical (unpaired) electrons. The Labute approximate surface area is 118 Å². The fourth-order valence-electron chi connectivity index (χ4n) is 1.33. The van der Waals surface area contributed by atoms with Crippen molar-refractivity contribution in [2.75, 3.05) is 4.72 Å². The number of aromatic nitrogens is 2. The lowest BCUT2D eigenvalue weighted by molar-refractivity contribution is 0.601. The summed E-state index contributed by atoms with van der Waals surface area (Å²) in [5.74, 6) is 0. The Morgan fingerprint density at radius 3 is 2.72 bits per heavy atom. The van der Waals surface area contributed by atoms with Gasteiger partial charge in [0.05, 0.1) is 21.8 Å². The molecule has 1 N–H and O–H groups in total. The van der Waals surface area contributed by atoms with Crippen molar-refractivity contribution in [3.63, 3.8) is 0 Å². The van der Waals surface area contributed by atoms with Crippen LogP contribution in [0.2, 0.25) is 5.02 Å². The molecule has 1 heterocycles. The van der Waals surface area contributed by atoms with E-state index >= 15 is 0 Å². The van der Waals surface area contributed by atoms with Gasteiger partial charge in [-0.15, -0.1) is 0 Å². The topological polar surface area (TPSA) is 64.0 Å². The molecule has 8 heteroatoms. The molecule has 0 aliphatic carbocycles. The average molecular weight is 351 g/mol. The molecule has 0 atom stereocenters. The largest absolute Gasteiger partial charge is 0.276 e. The predicted molar refractivity (Wildman–Crippen MR) is 73.2 cm³/mol. The van der Waals surface area contributed by atoms with E-state index in [9.17, 15) is 8.42 Å². The summed E-state index contributed by atoms with van der Waals surface area (Å²) in [6, 6.07) is 4.40. The van der Waals surface area contributed by atoms with Crippen molar-refractivity contribution in [3.8, 4) is 0 Å². The van der Waals surface area contributed by atoms with Crippen molar-refractivity contribution in [2.45, 2.75) is 4.90 Å². The summed E-state index contributed by atoms with van der Waals surface area (Å²) < 4.78 is 28.6. The van der Waals surface area contributed by atoms with Crippen molar-refractivity contribution >= 4 is 43.2 Å². The maximum absolute atomic E-state index is 12.1. The zero-order valence-corrected chi connectivity index (χ0v) is 12.4. The number of nitrogens with zero attached hydrogens (tertiary/aromatic N) is 2. The fourth-order valence-corrected chi connectivity index (χ4v) is 3.03. The number of anilines is 1. The van der Waals surface area contributed by atoms with Gasteiger partial charge >= 0.3 is 0 Å². The number of halogens is 2. The summed E-state index contributed by atoms with van der Waals surface area (Å²) >= 11 is 9.01. The third-order valence-corrected chi connectivity index (χ3v) is 4.75. The van der Waals surface area contributed by atoms with Crippen LogP contribution in [0.15, 0.2) is 40.0 Å². The van der Waals surface area contributed by atoms with Crippen LogP contribution < -0.4 is 4.72 Å². The van der Waals surface area contributed by atoms with Gasteiger partial charge in [0.15, 0.2) is 0 Å². The Balaban J connectivity index is 2.33. The van der Waals surface area contributed by atoms with Crippen LogP contribution in [0.1, 0.15) is 0 Å². The van der Waals surface area contributed by atoms with Gasteiger partial charge in [-0.25, -0.2) is 8.42 Å². The number of sulfonamides is 1. The van der Waals surface area contributed by atoms with Gasteiger partial charge in [-0.2, -0.15) is 5.10 Å². The lowest BCUT2D eigenvalue weighted by Gasteiger charge is -2.06. The highest BCUT2D eigenvalue weighted by molar-refractivity contribution is 9.10. The smallest absolute Gasteiger partial charge is 0.262 e. The number of nitrogens with one attached hydrogen (secondary N) is 1. The molecule has 0 aliphatic heterocycles. The lowest BCUT2D eigenvalue weighted by Crippen LogP contribution is -2.12. The molecule has 0 unspecified atom stereocenters. The maximum Gasteiger partial charge on any atom is 0.262 e. The molecule has 0 bridgehead atoms. The molecule has 5 nitrogen and oxygen atoms in total. The summed E-state index contributed by atoms with van der Waals surface area (Å²) in [5.41, 5.74) is 0.406. The van der Waals surface area contributed by atoms with Crippen LogP contribution in [0, 0.1) is 0 Å². The molecular formula is C10H9BrClN3O2S. The van der Waals surface area contributed by atoms with E-state index in [4.69, 9.17) is 11.6 Å². The van der Waals surface area contributed by atoms with Gasteiger partial charge in [-0.1, -0.05) is 11.6 Å². The molecule has 0 spiro atoms. The van der Waals surface area contributed by atoms with E-state index in [1.165, 1.54) is 29.1 Å². The quantitative estimate of drug-likeness (QED) is 0.925. The zero-order chi connectivity index (χ0) is 13.3. The van der Waals surface area contributed by atoms with E-state index in [1.54, 1.807) is 13.2 Å². The van der Waals surface area contributed by atoms with Gasteiger partial charge in [0, 0.05) is 17.7 Å². The molecule has 18 heavy (non-hydrogen) atoms. The van der Waals surface area contributed by atoms with Crippen molar-refractivity contribution in [2.24, 2.45) is 7.05 Å². The standard InChI is InChI=1S/C10H9BrClN3O2S/c1-15-6-7(5-13-15)14-18(16,17)8-2-3-10(12)9(11)4-8/h2-6,14H,1H3. The minimum absolute atomic E-state index is 0.127. The second-order valence-corrected chi connectivity index (χ2v) is 6.53. The van der Waals surface area contributed by atoms with Crippen molar-refractivity contribution in [1.82, 2.24) is 9.78 Å². The van der Waals surface area contributed by atoms with Crippen LogP contribution in [0.25, 0.3) is 0 Å². The first-order valence-corrected chi connectivity index (χ1v) is 7.50. The Morgan fingerprint density at radius 1 is 1.44 bits per heavy atom. The Hall–Kier alpha value is -1.05. The minimum Gasteiger partial charge on any atom is -0.276 e. The van der Waals surface area contributed by atoms with E-state index in [0.717, 1.165) is 0 Å². The summed E-state index contributed by atoms with van der Waals surface area (Å²) in [4.78, 5) is 0.127. The van der Waals surface area contributed by atoms with Gasteiger partial charge in [0.1, 0.15) is 0 Å². The predicted octanol–water partition coefficient (Wildman–Crippen LogP) is 2.64. The average Bonchev–Trinajstić information content (AvgIpc) is 2.67. The van der Waals surface area contributed by atoms with Gasteiger partial charge in [-0.3, -0.25) is 9.40 Å². The van der Waals surface area contributed by atoms with Crippen LogP contribution in [0.4, 0.5) is 5.69 Å². The molecular weight excluding hydrogens is 342 g/mol. The third kappa shape index (κ3) is 2.85. The van der Waals surface area contributed by atoms with Gasteiger partial charge in [0.25, 0.3) is 10.0 Å². The van der Waals surface area contributed by atoms with Crippen LogP contribution in [-0.2, 0) is 17.1 Å². The summed E-state index contributed by atoms with van der Waals surface area (Å²) in [6.45, 7) is 0. The van der Waals surface area contributed by atoms with E-state index in [-0.39, 0.29) is 4.90 Å². The molecule has 0 saturated heterocycles. The van der Waals surface area contributed by atoms with Crippen molar-refractivity contribution < 1.29 is 8.42 Å².